The third kappa shape index (κ3) is 1.26. The monoisotopic (exact) mass is 338 g/mol. The molecule has 0 aromatic heterocycles. The fraction of sp³-hybridized carbons (Fsp3) is 0.294. The fourth-order valence-electron chi connectivity index (χ4n) is 3.98. The van der Waals surface area contributed by atoms with E-state index in [1.807, 2.05) is 0 Å². The highest BCUT2D eigenvalue weighted by Crippen LogP contribution is 2.82. The van der Waals surface area contributed by atoms with Crippen molar-refractivity contribution in [1.29, 1.82) is 10.5 Å². The molecular weight excluding hydrogens is 328 g/mol. The van der Waals surface area contributed by atoms with Crippen LogP contribution in [0.3, 0.4) is 0 Å². The van der Waals surface area contributed by atoms with Crippen molar-refractivity contribution >= 4 is 23.5 Å². The standard InChI is InChI=1S/C17H10N2O6/c1-24-13(22)15(7-18)16(8-19,14(23)25-2)17(15)11(20)9-5-3-4-6-10(9)12(17)21/h3-6H,1-2H3/t15-,16-/m1/s1. The van der Waals surface area contributed by atoms with Crippen LogP contribution in [0.5, 0.6) is 0 Å². The number of carbonyl (C=O) groups is 4. The van der Waals surface area contributed by atoms with Crippen molar-refractivity contribution in [3.8, 4) is 12.1 Å². The SMILES string of the molecule is COC(=O)[C@@]1(C#N)C2(C(=O)c3ccccc3C2=O)[C@]1(C#N)C(=O)OC. The molecule has 0 radical (unpaired) electrons. The van der Waals surface area contributed by atoms with Crippen LogP contribution in [-0.2, 0) is 19.1 Å². The summed E-state index contributed by atoms with van der Waals surface area (Å²) in [6.07, 6.45) is 0. The highest BCUT2D eigenvalue weighted by molar-refractivity contribution is 6.39. The molecule has 1 aromatic carbocycles. The minimum absolute atomic E-state index is 0.0583. The Hall–Kier alpha value is -3.52. The van der Waals surface area contributed by atoms with Gasteiger partial charge < -0.3 is 9.47 Å². The van der Waals surface area contributed by atoms with E-state index in [0.717, 1.165) is 14.2 Å². The quantitative estimate of drug-likeness (QED) is 0.559. The molecule has 1 fully saturated rings. The Morgan fingerprint density at radius 2 is 1.24 bits per heavy atom. The Morgan fingerprint density at radius 1 is 0.880 bits per heavy atom. The van der Waals surface area contributed by atoms with Gasteiger partial charge in [0.05, 0.1) is 26.4 Å². The molecule has 0 N–H and O–H groups in total. The molecule has 8 heteroatoms. The molecule has 25 heavy (non-hydrogen) atoms. The van der Waals surface area contributed by atoms with Crippen LogP contribution < -0.4 is 0 Å². The lowest BCUT2D eigenvalue weighted by Crippen LogP contribution is -2.31. The van der Waals surface area contributed by atoms with Gasteiger partial charge in [0.25, 0.3) is 0 Å². The average molecular weight is 338 g/mol. The number of nitrogens with zero attached hydrogens (tertiary/aromatic N) is 2. The van der Waals surface area contributed by atoms with Crippen LogP contribution in [0.1, 0.15) is 20.7 Å². The van der Waals surface area contributed by atoms with Crippen molar-refractivity contribution in [2.45, 2.75) is 0 Å². The Kier molecular flexibility index (Phi) is 3.10. The van der Waals surface area contributed by atoms with Crippen molar-refractivity contribution in [1.82, 2.24) is 0 Å². The predicted octanol–water partition coefficient (Wildman–Crippen LogP) is 0.432. The molecule has 0 aliphatic heterocycles. The van der Waals surface area contributed by atoms with Crippen LogP contribution in [-0.4, -0.2) is 37.7 Å². The topological polar surface area (TPSA) is 134 Å². The van der Waals surface area contributed by atoms with Gasteiger partial charge in [-0.1, -0.05) is 24.3 Å². The lowest BCUT2D eigenvalue weighted by atomic mass is 9.87. The Balaban J connectivity index is 2.43. The van der Waals surface area contributed by atoms with E-state index in [1.165, 1.54) is 24.3 Å². The second kappa shape index (κ2) is 4.74. The maximum absolute atomic E-state index is 13.0. The van der Waals surface area contributed by atoms with E-state index in [-0.39, 0.29) is 11.1 Å². The van der Waals surface area contributed by atoms with Crippen LogP contribution in [0.25, 0.3) is 0 Å². The number of methoxy groups -OCH3 is 2. The molecule has 2 atom stereocenters. The van der Waals surface area contributed by atoms with E-state index in [0.29, 0.717) is 0 Å². The first-order chi connectivity index (χ1) is 11.9. The normalized spacial score (nSPS) is 27.8. The van der Waals surface area contributed by atoms with Gasteiger partial charge in [0.15, 0.2) is 17.0 Å². The minimum Gasteiger partial charge on any atom is -0.468 e. The zero-order valence-electron chi connectivity index (χ0n) is 13.2. The van der Waals surface area contributed by atoms with Gasteiger partial charge in [-0.05, 0) is 0 Å². The molecule has 0 heterocycles. The first-order valence-corrected chi connectivity index (χ1v) is 7.07. The van der Waals surface area contributed by atoms with Crippen molar-refractivity contribution in [3.63, 3.8) is 0 Å². The second-order valence-electron chi connectivity index (χ2n) is 5.66. The minimum atomic E-state index is -2.61. The molecule has 0 unspecified atom stereocenters. The third-order valence-corrected chi connectivity index (χ3v) is 5.04. The second-order valence-corrected chi connectivity index (χ2v) is 5.66. The maximum atomic E-state index is 13.0. The Bertz CT molecular complexity index is 876. The molecule has 2 aliphatic carbocycles. The highest BCUT2D eigenvalue weighted by atomic mass is 16.5. The Morgan fingerprint density at radius 3 is 1.52 bits per heavy atom. The molecule has 0 saturated heterocycles. The van der Waals surface area contributed by atoms with Gasteiger partial charge in [-0.2, -0.15) is 10.5 Å². The van der Waals surface area contributed by atoms with Crippen molar-refractivity contribution in [2.24, 2.45) is 16.2 Å². The zero-order chi connectivity index (χ0) is 18.6. The molecule has 1 spiro atoms. The number of esters is 2. The summed E-state index contributed by atoms with van der Waals surface area (Å²) in [6, 6.07) is 8.75. The predicted molar refractivity (Wildman–Crippen MR) is 77.7 cm³/mol. The van der Waals surface area contributed by atoms with Gasteiger partial charge >= 0.3 is 11.9 Å². The zero-order valence-corrected chi connectivity index (χ0v) is 13.2. The summed E-state index contributed by atoms with van der Waals surface area (Å²) in [5, 5.41) is 19.4. The maximum Gasteiger partial charge on any atom is 0.330 e. The van der Waals surface area contributed by atoms with Gasteiger partial charge in [0.2, 0.25) is 10.8 Å². The number of Topliss-reactive ketones (excluding diaryl/α,β-unsaturated/α-hetero) is 2. The largest absolute Gasteiger partial charge is 0.468 e. The van der Waals surface area contributed by atoms with Gasteiger partial charge in [0.1, 0.15) is 0 Å². The summed E-state index contributed by atoms with van der Waals surface area (Å²) in [5.41, 5.74) is -7.84. The number of benzene rings is 1. The van der Waals surface area contributed by atoms with Crippen LogP contribution in [0.2, 0.25) is 0 Å². The van der Waals surface area contributed by atoms with Crippen molar-refractivity contribution < 1.29 is 28.7 Å². The summed E-state index contributed by atoms with van der Waals surface area (Å²) < 4.78 is 9.16. The van der Waals surface area contributed by atoms with E-state index in [4.69, 9.17) is 0 Å². The number of fused-ring (bicyclic) bond motifs is 1. The van der Waals surface area contributed by atoms with Crippen LogP contribution >= 0.6 is 0 Å². The van der Waals surface area contributed by atoms with Crippen LogP contribution in [0.4, 0.5) is 0 Å². The first-order valence-electron chi connectivity index (χ1n) is 7.07. The molecule has 1 aromatic rings. The number of hydrogen-bond donors (Lipinski definition) is 0. The molecule has 0 bridgehead atoms. The van der Waals surface area contributed by atoms with Crippen LogP contribution in [0.15, 0.2) is 24.3 Å². The summed E-state index contributed by atoms with van der Waals surface area (Å²) in [5.74, 6) is -4.49. The summed E-state index contributed by atoms with van der Waals surface area (Å²) in [7, 11) is 1.87. The first kappa shape index (κ1) is 16.3. The number of hydrogen-bond acceptors (Lipinski definition) is 8. The number of ketones is 2. The van der Waals surface area contributed by atoms with E-state index in [9.17, 15) is 29.7 Å². The molecule has 0 amide bonds. The smallest absolute Gasteiger partial charge is 0.330 e. The molecule has 8 nitrogen and oxygen atoms in total. The van der Waals surface area contributed by atoms with Gasteiger partial charge in [-0.15, -0.1) is 0 Å². The molecule has 124 valence electrons. The number of nitriles is 2. The summed E-state index contributed by atoms with van der Waals surface area (Å²) in [6.45, 7) is 0. The Labute approximate surface area is 141 Å². The average Bonchev–Trinajstić information content (AvgIpc) is 3.16. The van der Waals surface area contributed by atoms with Gasteiger partial charge in [-0.25, -0.2) is 0 Å². The molecule has 3 rings (SSSR count). The highest BCUT2D eigenvalue weighted by Gasteiger charge is 3.04. The van der Waals surface area contributed by atoms with E-state index >= 15 is 0 Å². The summed E-state index contributed by atoms with van der Waals surface area (Å²) >= 11 is 0. The number of carbonyl (C=O) groups excluding carboxylic acids is 4. The van der Waals surface area contributed by atoms with Gasteiger partial charge in [0, 0.05) is 11.1 Å². The van der Waals surface area contributed by atoms with E-state index < -0.39 is 39.8 Å². The van der Waals surface area contributed by atoms with Gasteiger partial charge in [-0.3, -0.25) is 19.2 Å². The lowest BCUT2D eigenvalue weighted by molar-refractivity contribution is -0.153. The summed E-state index contributed by atoms with van der Waals surface area (Å²) in [4.78, 5) is 50.9. The molecular formula is C17H10N2O6. The van der Waals surface area contributed by atoms with Crippen LogP contribution in [0, 0.1) is 38.9 Å². The fourth-order valence-corrected chi connectivity index (χ4v) is 3.98. The lowest BCUT2D eigenvalue weighted by Gasteiger charge is -2.08. The molecule has 1 saturated carbocycles. The van der Waals surface area contributed by atoms with E-state index in [2.05, 4.69) is 9.47 Å². The van der Waals surface area contributed by atoms with Crippen molar-refractivity contribution in [2.75, 3.05) is 14.2 Å². The number of ether oxygens (including phenoxy) is 2. The third-order valence-electron chi connectivity index (χ3n) is 5.04. The van der Waals surface area contributed by atoms with E-state index in [1.54, 1.807) is 12.1 Å². The molecule has 2 aliphatic rings. The number of rotatable bonds is 2. The van der Waals surface area contributed by atoms with Crippen molar-refractivity contribution in [3.05, 3.63) is 35.4 Å².